The number of nitrogens with zero attached hydrogens (tertiary/aromatic N) is 1. The van der Waals surface area contributed by atoms with Crippen molar-refractivity contribution in [1.82, 2.24) is 9.97 Å². The van der Waals surface area contributed by atoms with Crippen LogP contribution in [0.4, 0.5) is 0 Å². The molecule has 0 spiro atoms. The molecule has 5 nitrogen and oxygen atoms in total. The van der Waals surface area contributed by atoms with Crippen molar-refractivity contribution in [3.05, 3.63) is 33.8 Å². The number of hydrogen-bond acceptors (Lipinski definition) is 4. The minimum atomic E-state index is -0.335. The highest BCUT2D eigenvalue weighted by Crippen LogP contribution is 2.24. The quantitative estimate of drug-likeness (QED) is 0.834. The molecule has 2 aromatic rings. The second-order valence-corrected chi connectivity index (χ2v) is 4.24. The van der Waals surface area contributed by atoms with Crippen molar-refractivity contribution in [2.24, 2.45) is 0 Å². The summed E-state index contributed by atoms with van der Waals surface area (Å²) in [6.45, 7) is 5.49. The van der Waals surface area contributed by atoms with Gasteiger partial charge in [0.1, 0.15) is 0 Å². The smallest absolute Gasteiger partial charge is 0.258 e. The lowest BCUT2D eigenvalue weighted by atomic mass is 10.1. The van der Waals surface area contributed by atoms with Gasteiger partial charge in [-0.3, -0.25) is 4.79 Å². The number of aromatic amines is 1. The van der Waals surface area contributed by atoms with E-state index in [0.29, 0.717) is 5.76 Å². The van der Waals surface area contributed by atoms with Gasteiger partial charge < -0.3 is 14.5 Å². The summed E-state index contributed by atoms with van der Waals surface area (Å²) in [5.74, 6) is 0.389. The van der Waals surface area contributed by atoms with Crippen LogP contribution in [0.5, 0.6) is 5.88 Å². The van der Waals surface area contributed by atoms with Crippen LogP contribution in [0, 0.1) is 6.92 Å². The van der Waals surface area contributed by atoms with Crippen molar-refractivity contribution in [2.75, 3.05) is 0 Å². The first-order chi connectivity index (χ1) is 8.00. The molecule has 17 heavy (non-hydrogen) atoms. The largest absolute Gasteiger partial charge is 0.493 e. The fourth-order valence-electron chi connectivity index (χ4n) is 1.71. The Bertz CT molecular complexity index is 596. The second-order valence-electron chi connectivity index (χ2n) is 4.24. The van der Waals surface area contributed by atoms with Crippen LogP contribution in [0.3, 0.4) is 0 Å². The van der Waals surface area contributed by atoms with E-state index >= 15 is 0 Å². The van der Waals surface area contributed by atoms with Gasteiger partial charge in [0, 0.05) is 0 Å². The molecule has 2 N–H and O–H groups in total. The summed E-state index contributed by atoms with van der Waals surface area (Å²) in [4.78, 5) is 18.4. The number of rotatable bonds is 2. The zero-order valence-electron chi connectivity index (χ0n) is 9.94. The predicted octanol–water partition coefficient (Wildman–Crippen LogP) is 2.17. The van der Waals surface area contributed by atoms with Crippen LogP contribution in [0.1, 0.15) is 30.9 Å². The first kappa shape index (κ1) is 11.4. The molecule has 0 fully saturated rings. The highest BCUT2D eigenvalue weighted by atomic mass is 16.3. The van der Waals surface area contributed by atoms with E-state index in [2.05, 4.69) is 9.97 Å². The van der Waals surface area contributed by atoms with Gasteiger partial charge in [-0.05, 0) is 24.5 Å². The van der Waals surface area contributed by atoms with Crippen molar-refractivity contribution >= 4 is 0 Å². The normalized spacial score (nSPS) is 11.1. The van der Waals surface area contributed by atoms with Gasteiger partial charge in [0.25, 0.3) is 5.56 Å². The van der Waals surface area contributed by atoms with Gasteiger partial charge in [0.15, 0.2) is 11.6 Å². The monoisotopic (exact) mass is 234 g/mol. The van der Waals surface area contributed by atoms with Crippen molar-refractivity contribution in [3.63, 3.8) is 0 Å². The zero-order valence-corrected chi connectivity index (χ0v) is 9.94. The van der Waals surface area contributed by atoms with Gasteiger partial charge in [-0.1, -0.05) is 13.8 Å². The first-order valence-corrected chi connectivity index (χ1v) is 5.38. The molecule has 0 aliphatic heterocycles. The number of aryl methyl sites for hydroxylation is 1. The Hall–Kier alpha value is -2.04. The predicted molar refractivity (Wildman–Crippen MR) is 63.1 cm³/mol. The van der Waals surface area contributed by atoms with Crippen LogP contribution >= 0.6 is 0 Å². The molecule has 0 aliphatic rings. The van der Waals surface area contributed by atoms with E-state index in [-0.39, 0.29) is 28.7 Å². The number of nitrogens with one attached hydrogen (secondary N) is 1. The summed E-state index contributed by atoms with van der Waals surface area (Å²) in [5.41, 5.74) is 0.807. The Labute approximate surface area is 98.1 Å². The molecule has 0 bridgehead atoms. The number of hydrogen-bond donors (Lipinski definition) is 2. The average Bonchev–Trinajstić information content (AvgIpc) is 2.62. The van der Waals surface area contributed by atoms with Crippen LogP contribution in [0.2, 0.25) is 0 Å². The third-order valence-corrected chi connectivity index (χ3v) is 2.59. The molecule has 2 heterocycles. The molecule has 0 saturated heterocycles. The van der Waals surface area contributed by atoms with E-state index in [1.807, 2.05) is 20.8 Å². The fraction of sp³-hybridized carbons (Fsp3) is 0.333. The average molecular weight is 234 g/mol. The molecule has 2 rings (SSSR count). The van der Waals surface area contributed by atoms with Gasteiger partial charge in [-0.15, -0.1) is 0 Å². The van der Waals surface area contributed by atoms with Gasteiger partial charge >= 0.3 is 0 Å². The summed E-state index contributed by atoms with van der Waals surface area (Å²) < 4.78 is 5.22. The minimum absolute atomic E-state index is 0.0852. The second kappa shape index (κ2) is 4.08. The topological polar surface area (TPSA) is 79.1 Å². The van der Waals surface area contributed by atoms with Crippen molar-refractivity contribution in [3.8, 4) is 17.5 Å². The lowest BCUT2D eigenvalue weighted by molar-refractivity contribution is 0.438. The Morgan fingerprint density at radius 1 is 1.47 bits per heavy atom. The molecular formula is C12H14N2O3. The van der Waals surface area contributed by atoms with Crippen LogP contribution in [0.25, 0.3) is 11.6 Å². The molecule has 0 unspecified atom stereocenters. The lowest BCUT2D eigenvalue weighted by Crippen LogP contribution is -2.16. The highest BCUT2D eigenvalue weighted by molar-refractivity contribution is 5.53. The zero-order chi connectivity index (χ0) is 12.6. The summed E-state index contributed by atoms with van der Waals surface area (Å²) in [5, 5.41) is 9.76. The highest BCUT2D eigenvalue weighted by Gasteiger charge is 2.16. The van der Waals surface area contributed by atoms with E-state index in [4.69, 9.17) is 4.42 Å². The SMILES string of the molecule is Cc1ccoc1-c1nc(O)c(C(C)C)c(=O)[nH]1. The van der Waals surface area contributed by atoms with Gasteiger partial charge in [0.2, 0.25) is 5.88 Å². The molecule has 2 aromatic heterocycles. The van der Waals surface area contributed by atoms with Crippen LogP contribution in [-0.2, 0) is 0 Å². The maximum Gasteiger partial charge on any atom is 0.258 e. The van der Waals surface area contributed by atoms with E-state index in [1.165, 1.54) is 6.26 Å². The number of aromatic nitrogens is 2. The third-order valence-electron chi connectivity index (χ3n) is 2.59. The minimum Gasteiger partial charge on any atom is -0.493 e. The Morgan fingerprint density at radius 3 is 2.65 bits per heavy atom. The summed E-state index contributed by atoms with van der Waals surface area (Å²) in [6, 6.07) is 1.77. The Morgan fingerprint density at radius 2 is 2.18 bits per heavy atom. The molecule has 0 aromatic carbocycles. The number of H-pyrrole nitrogens is 1. The Kier molecular flexibility index (Phi) is 2.75. The molecule has 0 radical (unpaired) electrons. The summed E-state index contributed by atoms with van der Waals surface area (Å²) in [6.07, 6.45) is 1.51. The van der Waals surface area contributed by atoms with Crippen LogP contribution in [0.15, 0.2) is 21.5 Å². The molecule has 0 saturated carbocycles. The van der Waals surface area contributed by atoms with Crippen LogP contribution < -0.4 is 5.56 Å². The van der Waals surface area contributed by atoms with Crippen molar-refractivity contribution < 1.29 is 9.52 Å². The van der Waals surface area contributed by atoms with E-state index in [0.717, 1.165) is 5.56 Å². The van der Waals surface area contributed by atoms with E-state index in [9.17, 15) is 9.90 Å². The van der Waals surface area contributed by atoms with Crippen molar-refractivity contribution in [1.29, 1.82) is 0 Å². The Balaban J connectivity index is 2.61. The third kappa shape index (κ3) is 1.95. The van der Waals surface area contributed by atoms with Crippen LogP contribution in [-0.4, -0.2) is 15.1 Å². The molecule has 0 atom stereocenters. The van der Waals surface area contributed by atoms with Gasteiger partial charge in [-0.25, -0.2) is 0 Å². The summed E-state index contributed by atoms with van der Waals surface area (Å²) in [7, 11) is 0. The van der Waals surface area contributed by atoms with Gasteiger partial charge in [0.05, 0.1) is 11.8 Å². The molecule has 5 heteroatoms. The maximum atomic E-state index is 11.8. The van der Waals surface area contributed by atoms with Gasteiger partial charge in [-0.2, -0.15) is 4.98 Å². The van der Waals surface area contributed by atoms with E-state index < -0.39 is 0 Å². The molecule has 0 amide bonds. The van der Waals surface area contributed by atoms with Crippen molar-refractivity contribution in [2.45, 2.75) is 26.7 Å². The molecular weight excluding hydrogens is 220 g/mol. The fourth-order valence-corrected chi connectivity index (χ4v) is 1.71. The maximum absolute atomic E-state index is 11.8. The summed E-state index contributed by atoms with van der Waals surface area (Å²) >= 11 is 0. The molecule has 90 valence electrons. The first-order valence-electron chi connectivity index (χ1n) is 5.38. The van der Waals surface area contributed by atoms with E-state index in [1.54, 1.807) is 6.07 Å². The number of furan rings is 1. The molecule has 0 aliphatic carbocycles. The number of aromatic hydroxyl groups is 1. The standard InChI is InChI=1S/C12H14N2O3/c1-6(2)8-11(15)13-10(14-12(8)16)9-7(3)4-5-17-9/h4-6H,1-3H3,(H2,13,14,15,16). The lowest BCUT2D eigenvalue weighted by Gasteiger charge is -2.07.